The van der Waals surface area contributed by atoms with Crippen LogP contribution >= 0.6 is 0 Å². The quantitative estimate of drug-likeness (QED) is 0.259. The zero-order valence-corrected chi connectivity index (χ0v) is 17.9. The van der Waals surface area contributed by atoms with Crippen molar-refractivity contribution in [2.75, 3.05) is 26.2 Å². The third-order valence-electron chi connectivity index (χ3n) is 3.83. The van der Waals surface area contributed by atoms with Crippen LogP contribution in [-0.2, 0) is 19.1 Å². The SMILES string of the molecule is CC(C)OC(=O)C(C#N)=CC=CN1CCN(C=CC=C(C#N)C(=O)OC(C)C)CC1. The molecule has 1 saturated heterocycles. The Hall–Kier alpha value is -3.52. The molecule has 0 aromatic rings. The fourth-order valence-corrected chi connectivity index (χ4v) is 2.41. The second kappa shape index (κ2) is 12.8. The van der Waals surface area contributed by atoms with Gasteiger partial charge in [0.2, 0.25) is 0 Å². The van der Waals surface area contributed by atoms with E-state index in [1.54, 1.807) is 39.8 Å². The van der Waals surface area contributed by atoms with Gasteiger partial charge < -0.3 is 19.3 Å². The van der Waals surface area contributed by atoms with Crippen LogP contribution < -0.4 is 0 Å². The van der Waals surface area contributed by atoms with E-state index >= 15 is 0 Å². The average molecular weight is 412 g/mol. The molecule has 1 aliphatic heterocycles. The molecule has 0 atom stereocenters. The third-order valence-corrected chi connectivity index (χ3v) is 3.83. The Labute approximate surface area is 177 Å². The lowest BCUT2D eigenvalue weighted by atomic mass is 10.2. The van der Waals surface area contributed by atoms with Gasteiger partial charge in [-0.2, -0.15) is 10.5 Å². The van der Waals surface area contributed by atoms with Gasteiger partial charge in [-0.05, 0) is 64.4 Å². The van der Waals surface area contributed by atoms with Crippen molar-refractivity contribution in [2.45, 2.75) is 39.9 Å². The minimum Gasteiger partial charge on any atom is -0.459 e. The highest BCUT2D eigenvalue weighted by atomic mass is 16.5. The fourth-order valence-electron chi connectivity index (χ4n) is 2.41. The molecule has 0 amide bonds. The molecule has 8 nitrogen and oxygen atoms in total. The van der Waals surface area contributed by atoms with Crippen LogP contribution in [0.4, 0.5) is 0 Å². The maximum atomic E-state index is 11.7. The number of hydrogen-bond acceptors (Lipinski definition) is 8. The number of esters is 2. The highest BCUT2D eigenvalue weighted by Crippen LogP contribution is 2.06. The molecule has 0 aromatic carbocycles. The van der Waals surface area contributed by atoms with Crippen LogP contribution in [0.1, 0.15) is 27.7 Å². The summed E-state index contributed by atoms with van der Waals surface area (Å²) in [4.78, 5) is 27.6. The summed E-state index contributed by atoms with van der Waals surface area (Å²) in [6.45, 7) is 9.90. The second-order valence-corrected chi connectivity index (χ2v) is 7.05. The highest BCUT2D eigenvalue weighted by Gasteiger charge is 2.13. The molecular weight excluding hydrogens is 384 g/mol. The van der Waals surface area contributed by atoms with E-state index in [2.05, 4.69) is 9.80 Å². The molecule has 1 aliphatic rings. The summed E-state index contributed by atoms with van der Waals surface area (Å²) >= 11 is 0. The van der Waals surface area contributed by atoms with Crippen molar-refractivity contribution in [2.24, 2.45) is 0 Å². The Morgan fingerprint density at radius 1 is 0.767 bits per heavy atom. The molecule has 0 radical (unpaired) electrons. The predicted molar refractivity (Wildman–Crippen MR) is 111 cm³/mol. The number of nitriles is 2. The first kappa shape index (κ1) is 24.5. The molecule has 0 N–H and O–H groups in total. The molecule has 30 heavy (non-hydrogen) atoms. The van der Waals surface area contributed by atoms with Crippen LogP contribution in [0.2, 0.25) is 0 Å². The number of rotatable bonds is 8. The number of carbonyl (C=O) groups excluding carboxylic acids is 2. The fraction of sp³-hybridized carbons (Fsp3) is 0.455. The van der Waals surface area contributed by atoms with Gasteiger partial charge >= 0.3 is 11.9 Å². The molecule has 1 heterocycles. The summed E-state index contributed by atoms with van der Waals surface area (Å²) in [5.74, 6) is -1.26. The lowest BCUT2D eigenvalue weighted by Crippen LogP contribution is -2.41. The van der Waals surface area contributed by atoms with Crippen molar-refractivity contribution in [3.05, 3.63) is 47.9 Å². The average Bonchev–Trinajstić information content (AvgIpc) is 2.68. The smallest absolute Gasteiger partial charge is 0.349 e. The molecule has 1 rings (SSSR count). The van der Waals surface area contributed by atoms with Crippen LogP contribution in [0.25, 0.3) is 0 Å². The summed E-state index contributed by atoms with van der Waals surface area (Å²) in [7, 11) is 0. The first-order valence-electron chi connectivity index (χ1n) is 9.74. The molecule has 160 valence electrons. The maximum absolute atomic E-state index is 11.7. The lowest BCUT2D eigenvalue weighted by Gasteiger charge is -2.33. The molecule has 0 saturated carbocycles. The number of hydrogen-bond donors (Lipinski definition) is 0. The van der Waals surface area contributed by atoms with E-state index in [1.807, 2.05) is 24.5 Å². The summed E-state index contributed by atoms with van der Waals surface area (Å²) in [5, 5.41) is 18.1. The van der Waals surface area contributed by atoms with Gasteiger partial charge in [0.1, 0.15) is 23.3 Å². The van der Waals surface area contributed by atoms with E-state index < -0.39 is 11.9 Å². The van der Waals surface area contributed by atoms with E-state index in [0.717, 1.165) is 26.2 Å². The van der Waals surface area contributed by atoms with Gasteiger partial charge in [0.05, 0.1) is 12.2 Å². The summed E-state index contributed by atoms with van der Waals surface area (Å²) in [6, 6.07) is 3.69. The maximum Gasteiger partial charge on any atom is 0.349 e. The minimum absolute atomic E-state index is 0.0439. The predicted octanol–water partition coefficient (Wildman–Crippen LogP) is 2.43. The zero-order valence-electron chi connectivity index (χ0n) is 17.9. The van der Waals surface area contributed by atoms with E-state index in [1.165, 1.54) is 12.2 Å². The van der Waals surface area contributed by atoms with E-state index in [0.29, 0.717) is 0 Å². The summed E-state index contributed by atoms with van der Waals surface area (Å²) in [5.41, 5.74) is -0.0878. The van der Waals surface area contributed by atoms with Crippen LogP contribution in [0.15, 0.2) is 47.9 Å². The first-order valence-corrected chi connectivity index (χ1v) is 9.74. The highest BCUT2D eigenvalue weighted by molar-refractivity contribution is 5.93. The van der Waals surface area contributed by atoms with Crippen molar-refractivity contribution < 1.29 is 19.1 Å². The van der Waals surface area contributed by atoms with Crippen molar-refractivity contribution in [3.8, 4) is 12.1 Å². The molecule has 0 unspecified atom stereocenters. The Morgan fingerprint density at radius 2 is 1.10 bits per heavy atom. The largest absolute Gasteiger partial charge is 0.459 e. The molecular formula is C22H28N4O4. The van der Waals surface area contributed by atoms with Crippen LogP contribution in [-0.4, -0.2) is 60.1 Å². The second-order valence-electron chi connectivity index (χ2n) is 7.05. The molecule has 0 aliphatic carbocycles. The Bertz CT molecular complexity index is 734. The number of piperazine rings is 1. The van der Waals surface area contributed by atoms with E-state index in [9.17, 15) is 9.59 Å². The van der Waals surface area contributed by atoms with E-state index in [-0.39, 0.29) is 23.4 Å². The van der Waals surface area contributed by atoms with Gasteiger partial charge in [-0.25, -0.2) is 9.59 Å². The van der Waals surface area contributed by atoms with Crippen LogP contribution in [0, 0.1) is 22.7 Å². The molecule has 0 aromatic heterocycles. The topological polar surface area (TPSA) is 107 Å². The van der Waals surface area contributed by atoms with Crippen molar-refractivity contribution in [1.29, 1.82) is 10.5 Å². The standard InChI is InChI=1S/C22H28N4O4/c1-17(2)29-21(27)19(15-23)7-5-9-25-11-13-26(14-12-25)10-6-8-20(16-24)22(28)30-18(3)4/h5-10,17-18H,11-14H2,1-4H3. The lowest BCUT2D eigenvalue weighted by molar-refractivity contribution is -0.143. The number of nitrogens with zero attached hydrogens (tertiary/aromatic N) is 4. The monoisotopic (exact) mass is 412 g/mol. The molecule has 0 spiro atoms. The first-order chi connectivity index (χ1) is 14.3. The van der Waals surface area contributed by atoms with Crippen molar-refractivity contribution in [1.82, 2.24) is 9.80 Å². The molecule has 1 fully saturated rings. The van der Waals surface area contributed by atoms with Crippen molar-refractivity contribution in [3.63, 3.8) is 0 Å². The number of ether oxygens (including phenoxy) is 2. The van der Waals surface area contributed by atoms with Gasteiger partial charge in [-0.1, -0.05) is 0 Å². The van der Waals surface area contributed by atoms with Gasteiger partial charge in [-0.3, -0.25) is 0 Å². The zero-order chi connectivity index (χ0) is 22.5. The number of carbonyl (C=O) groups is 2. The van der Waals surface area contributed by atoms with Crippen molar-refractivity contribution >= 4 is 11.9 Å². The van der Waals surface area contributed by atoms with Crippen LogP contribution in [0.3, 0.4) is 0 Å². The van der Waals surface area contributed by atoms with Gasteiger partial charge in [0, 0.05) is 26.2 Å². The Morgan fingerprint density at radius 3 is 1.37 bits per heavy atom. The summed E-state index contributed by atoms with van der Waals surface area (Å²) in [6.07, 6.45) is 9.32. The summed E-state index contributed by atoms with van der Waals surface area (Å²) < 4.78 is 10.0. The minimum atomic E-state index is -0.630. The van der Waals surface area contributed by atoms with Crippen LogP contribution in [0.5, 0.6) is 0 Å². The Kier molecular flexibility index (Phi) is 10.5. The Balaban J connectivity index is 2.55. The van der Waals surface area contributed by atoms with Gasteiger partial charge in [-0.15, -0.1) is 0 Å². The van der Waals surface area contributed by atoms with Gasteiger partial charge in [0.25, 0.3) is 0 Å². The van der Waals surface area contributed by atoms with Gasteiger partial charge in [0.15, 0.2) is 0 Å². The van der Waals surface area contributed by atoms with E-state index in [4.69, 9.17) is 20.0 Å². The number of allylic oxidation sites excluding steroid dienone is 4. The normalized spacial score (nSPS) is 15.6. The third kappa shape index (κ3) is 9.11. The molecule has 8 heteroatoms. The molecule has 0 bridgehead atoms.